The first-order valence-electron chi connectivity index (χ1n) is 11.6. The van der Waals surface area contributed by atoms with Gasteiger partial charge in [-0.25, -0.2) is 4.68 Å². The Bertz CT molecular complexity index is 919. The van der Waals surface area contributed by atoms with Crippen LogP contribution in [0.5, 0.6) is 0 Å². The van der Waals surface area contributed by atoms with Crippen molar-refractivity contribution >= 4 is 11.9 Å². The molecule has 2 heterocycles. The summed E-state index contributed by atoms with van der Waals surface area (Å²) in [5.41, 5.74) is 4.72. The number of carbonyl (C=O) groups is 2. The predicted molar refractivity (Wildman–Crippen MR) is 122 cm³/mol. The molecule has 6 nitrogen and oxygen atoms in total. The third-order valence-corrected chi connectivity index (χ3v) is 5.91. The second kappa shape index (κ2) is 10.6. The summed E-state index contributed by atoms with van der Waals surface area (Å²) in [6, 6.07) is 8.16. The number of para-hydroxylation sites is 1. The molecule has 1 aliphatic heterocycles. The molecule has 1 saturated heterocycles. The number of rotatable bonds is 8. The summed E-state index contributed by atoms with van der Waals surface area (Å²) in [6.45, 7) is 9.58. The second-order valence-electron chi connectivity index (χ2n) is 8.31. The van der Waals surface area contributed by atoms with Crippen LogP contribution in [0.4, 0.5) is 0 Å². The summed E-state index contributed by atoms with van der Waals surface area (Å²) in [7, 11) is 0. The largest absolute Gasteiger partial charge is 0.466 e. The quantitative estimate of drug-likeness (QED) is 0.584. The number of likely N-dealkylation sites (tertiary alicyclic amines) is 1. The van der Waals surface area contributed by atoms with Gasteiger partial charge in [-0.15, -0.1) is 0 Å². The van der Waals surface area contributed by atoms with E-state index in [1.54, 1.807) is 0 Å². The molecule has 1 aromatic carbocycles. The molecule has 0 radical (unpaired) electrons. The fourth-order valence-corrected chi connectivity index (χ4v) is 4.40. The molecule has 1 aliphatic rings. The molecule has 1 atom stereocenters. The van der Waals surface area contributed by atoms with Crippen molar-refractivity contribution in [3.8, 4) is 5.69 Å². The number of benzene rings is 1. The zero-order chi connectivity index (χ0) is 22.4. The highest BCUT2D eigenvalue weighted by Gasteiger charge is 2.33. The first-order valence-corrected chi connectivity index (χ1v) is 11.6. The van der Waals surface area contributed by atoms with Crippen LogP contribution < -0.4 is 0 Å². The number of piperidine rings is 1. The van der Waals surface area contributed by atoms with Crippen LogP contribution in [-0.4, -0.2) is 46.3 Å². The average molecular weight is 426 g/mol. The van der Waals surface area contributed by atoms with E-state index in [4.69, 9.17) is 9.84 Å². The first-order chi connectivity index (χ1) is 15.0. The molecule has 1 aromatic heterocycles. The Morgan fingerprint density at radius 2 is 1.87 bits per heavy atom. The zero-order valence-corrected chi connectivity index (χ0v) is 19.3. The van der Waals surface area contributed by atoms with Gasteiger partial charge in [-0.3, -0.25) is 9.59 Å². The molecular formula is C25H35N3O3. The number of nitrogens with zero attached hydrogens (tertiary/aromatic N) is 3. The molecule has 1 fully saturated rings. The van der Waals surface area contributed by atoms with Crippen LogP contribution in [0.1, 0.15) is 73.8 Å². The highest BCUT2D eigenvalue weighted by atomic mass is 16.5. The second-order valence-corrected chi connectivity index (χ2v) is 8.31. The number of ether oxygens (including phenoxy) is 1. The van der Waals surface area contributed by atoms with Crippen molar-refractivity contribution in [3.05, 3.63) is 46.8 Å². The van der Waals surface area contributed by atoms with Gasteiger partial charge in [0.2, 0.25) is 0 Å². The first kappa shape index (κ1) is 23.0. The number of carbonyl (C=O) groups excluding carboxylic acids is 2. The molecular weight excluding hydrogens is 390 g/mol. The van der Waals surface area contributed by atoms with Gasteiger partial charge in [-0.2, -0.15) is 5.10 Å². The highest BCUT2D eigenvalue weighted by Crippen LogP contribution is 2.27. The van der Waals surface area contributed by atoms with Crippen molar-refractivity contribution in [1.82, 2.24) is 14.7 Å². The van der Waals surface area contributed by atoms with E-state index in [1.165, 1.54) is 0 Å². The summed E-state index contributed by atoms with van der Waals surface area (Å²) in [4.78, 5) is 27.9. The van der Waals surface area contributed by atoms with E-state index < -0.39 is 0 Å². The summed E-state index contributed by atoms with van der Waals surface area (Å²) in [5.74, 6) is -0.438. The number of aromatic nitrogens is 2. The van der Waals surface area contributed by atoms with Gasteiger partial charge in [0.1, 0.15) is 0 Å². The van der Waals surface area contributed by atoms with Gasteiger partial charge in [0.05, 0.1) is 35.2 Å². The molecule has 0 aliphatic carbocycles. The highest BCUT2D eigenvalue weighted by molar-refractivity contribution is 5.97. The van der Waals surface area contributed by atoms with Gasteiger partial charge in [-0.1, -0.05) is 44.9 Å². The van der Waals surface area contributed by atoms with Crippen molar-refractivity contribution in [2.45, 2.75) is 66.2 Å². The predicted octanol–water partition coefficient (Wildman–Crippen LogP) is 4.50. The van der Waals surface area contributed by atoms with Crippen LogP contribution in [0.15, 0.2) is 24.3 Å². The molecule has 168 valence electrons. The maximum absolute atomic E-state index is 13.8. The standard InChI is InChI=1S/C25H35N3O3/c1-5-11-20-23(24(29)27-16-10-14-19(17-27)25(30)31-7-3)22(12-6-2)28(26-20)21-15-9-8-13-18(21)4/h8-9,13,15,19H,5-7,10-12,14,16-17H2,1-4H3. The fraction of sp³-hybridized carbons (Fsp3) is 0.560. The maximum Gasteiger partial charge on any atom is 0.310 e. The molecule has 31 heavy (non-hydrogen) atoms. The zero-order valence-electron chi connectivity index (χ0n) is 19.3. The van der Waals surface area contributed by atoms with Gasteiger partial charge >= 0.3 is 5.97 Å². The molecule has 0 bridgehead atoms. The van der Waals surface area contributed by atoms with Gasteiger partial charge < -0.3 is 9.64 Å². The summed E-state index contributed by atoms with van der Waals surface area (Å²) < 4.78 is 7.20. The van der Waals surface area contributed by atoms with Crippen molar-refractivity contribution in [2.24, 2.45) is 5.92 Å². The Morgan fingerprint density at radius 3 is 2.55 bits per heavy atom. The summed E-state index contributed by atoms with van der Waals surface area (Å²) >= 11 is 0. The lowest BCUT2D eigenvalue weighted by Crippen LogP contribution is -2.43. The van der Waals surface area contributed by atoms with Crippen LogP contribution in [0.25, 0.3) is 5.69 Å². The minimum Gasteiger partial charge on any atom is -0.466 e. The summed E-state index contributed by atoms with van der Waals surface area (Å²) in [5, 5.41) is 4.93. The van der Waals surface area contributed by atoms with E-state index in [-0.39, 0.29) is 17.8 Å². The Kier molecular flexibility index (Phi) is 7.88. The van der Waals surface area contributed by atoms with Gasteiger partial charge in [0.15, 0.2) is 0 Å². The van der Waals surface area contributed by atoms with Crippen molar-refractivity contribution in [2.75, 3.05) is 19.7 Å². The van der Waals surface area contributed by atoms with Crippen LogP contribution in [-0.2, 0) is 22.4 Å². The third-order valence-electron chi connectivity index (χ3n) is 5.91. The van der Waals surface area contributed by atoms with Crippen molar-refractivity contribution in [3.63, 3.8) is 0 Å². The van der Waals surface area contributed by atoms with Crippen molar-refractivity contribution < 1.29 is 14.3 Å². The van der Waals surface area contributed by atoms with Crippen LogP contribution in [0, 0.1) is 12.8 Å². The Hall–Kier alpha value is -2.63. The van der Waals surface area contributed by atoms with E-state index in [1.807, 2.05) is 28.6 Å². The Labute approximate surface area is 185 Å². The molecule has 3 rings (SSSR count). The van der Waals surface area contributed by atoms with E-state index >= 15 is 0 Å². The van der Waals surface area contributed by atoms with E-state index in [9.17, 15) is 9.59 Å². The lowest BCUT2D eigenvalue weighted by molar-refractivity contribution is -0.149. The van der Waals surface area contributed by atoms with Crippen LogP contribution >= 0.6 is 0 Å². The van der Waals surface area contributed by atoms with E-state index in [2.05, 4.69) is 32.9 Å². The Morgan fingerprint density at radius 1 is 1.13 bits per heavy atom. The maximum atomic E-state index is 13.8. The fourth-order valence-electron chi connectivity index (χ4n) is 4.40. The molecule has 0 spiro atoms. The lowest BCUT2D eigenvalue weighted by Gasteiger charge is -2.31. The van der Waals surface area contributed by atoms with Gasteiger partial charge in [0, 0.05) is 13.1 Å². The average Bonchev–Trinajstić information content (AvgIpc) is 3.12. The molecule has 0 saturated carbocycles. The molecule has 1 unspecified atom stereocenters. The number of hydrogen-bond donors (Lipinski definition) is 0. The minimum absolute atomic E-state index is 0.000678. The monoisotopic (exact) mass is 425 g/mol. The van der Waals surface area contributed by atoms with E-state index in [0.717, 1.165) is 66.7 Å². The van der Waals surface area contributed by atoms with Gasteiger partial charge in [-0.05, 0) is 51.2 Å². The third kappa shape index (κ3) is 5.00. The summed E-state index contributed by atoms with van der Waals surface area (Å²) in [6.07, 6.45) is 4.96. The number of aryl methyl sites for hydroxylation is 2. The normalized spacial score (nSPS) is 16.4. The topological polar surface area (TPSA) is 64.4 Å². The smallest absolute Gasteiger partial charge is 0.310 e. The lowest BCUT2D eigenvalue weighted by atomic mass is 9.96. The van der Waals surface area contributed by atoms with Crippen molar-refractivity contribution in [1.29, 1.82) is 0 Å². The number of esters is 1. The molecule has 0 N–H and O–H groups in total. The van der Waals surface area contributed by atoms with Crippen LogP contribution in [0.3, 0.4) is 0 Å². The van der Waals surface area contributed by atoms with Crippen LogP contribution in [0.2, 0.25) is 0 Å². The van der Waals surface area contributed by atoms with E-state index in [0.29, 0.717) is 19.7 Å². The minimum atomic E-state index is -0.242. The Balaban J connectivity index is 2.01. The van der Waals surface area contributed by atoms with Gasteiger partial charge in [0.25, 0.3) is 5.91 Å². The molecule has 6 heteroatoms. The molecule has 2 aromatic rings. The number of hydrogen-bond acceptors (Lipinski definition) is 4. The number of amides is 1. The SMILES string of the molecule is CCCc1nn(-c2ccccc2C)c(CCC)c1C(=O)N1CCCC(C(=O)OCC)C1. The molecule has 1 amide bonds.